The van der Waals surface area contributed by atoms with Crippen LogP contribution in [-0.2, 0) is 11.2 Å². The number of nitrogen functional groups attached to an aromatic ring is 1. The van der Waals surface area contributed by atoms with Crippen LogP contribution in [0.4, 0.5) is 11.4 Å². The van der Waals surface area contributed by atoms with Crippen molar-refractivity contribution >= 4 is 23.5 Å². The second-order valence-corrected chi connectivity index (χ2v) is 5.48. The molecule has 0 heterocycles. The van der Waals surface area contributed by atoms with Crippen LogP contribution in [0.25, 0.3) is 0 Å². The van der Waals surface area contributed by atoms with Crippen LogP contribution in [0.1, 0.15) is 25.0 Å². The number of carbonyl (C=O) groups excluding carboxylic acids is 1. The van der Waals surface area contributed by atoms with Crippen molar-refractivity contribution in [2.45, 2.75) is 20.3 Å². The standard InChI is InChI=1S/C19H24N4O/c1-3-23(4-2)18-11-7-16(8-12-18)14-21-22-19(24)13-15-5-9-17(20)10-6-15/h5-12,14H,3-4,13,20H2,1-2H3,(H,22,24)/b21-14-. The number of hydrazone groups is 1. The monoisotopic (exact) mass is 324 g/mol. The Morgan fingerprint density at radius 2 is 1.71 bits per heavy atom. The van der Waals surface area contributed by atoms with Gasteiger partial charge < -0.3 is 10.6 Å². The summed E-state index contributed by atoms with van der Waals surface area (Å²) < 4.78 is 0. The first kappa shape index (κ1) is 17.5. The number of nitrogens with two attached hydrogens (primary N) is 1. The Hall–Kier alpha value is -2.82. The molecule has 1 amide bonds. The molecule has 5 nitrogen and oxygen atoms in total. The minimum Gasteiger partial charge on any atom is -0.399 e. The van der Waals surface area contributed by atoms with Crippen molar-refractivity contribution < 1.29 is 4.79 Å². The van der Waals surface area contributed by atoms with Crippen LogP contribution in [-0.4, -0.2) is 25.2 Å². The van der Waals surface area contributed by atoms with Gasteiger partial charge in [0.25, 0.3) is 0 Å². The molecule has 0 atom stereocenters. The fourth-order valence-corrected chi connectivity index (χ4v) is 2.40. The van der Waals surface area contributed by atoms with Gasteiger partial charge in [0, 0.05) is 24.5 Å². The van der Waals surface area contributed by atoms with Crippen LogP contribution in [0, 0.1) is 0 Å². The molecule has 5 heteroatoms. The number of carbonyl (C=O) groups is 1. The Kier molecular flexibility index (Phi) is 6.37. The first-order valence-electron chi connectivity index (χ1n) is 8.13. The Morgan fingerprint density at radius 1 is 1.08 bits per heavy atom. The highest BCUT2D eigenvalue weighted by atomic mass is 16.2. The highest BCUT2D eigenvalue weighted by Gasteiger charge is 2.02. The number of rotatable bonds is 7. The SMILES string of the molecule is CCN(CC)c1ccc(/C=N\NC(=O)Cc2ccc(N)cc2)cc1. The lowest BCUT2D eigenvalue weighted by molar-refractivity contribution is -0.120. The molecule has 3 N–H and O–H groups in total. The highest BCUT2D eigenvalue weighted by Crippen LogP contribution is 2.14. The van der Waals surface area contributed by atoms with E-state index in [1.807, 2.05) is 24.3 Å². The van der Waals surface area contributed by atoms with Crippen LogP contribution in [0.3, 0.4) is 0 Å². The maximum Gasteiger partial charge on any atom is 0.244 e. The molecule has 2 rings (SSSR count). The summed E-state index contributed by atoms with van der Waals surface area (Å²) in [5.74, 6) is -0.157. The lowest BCUT2D eigenvalue weighted by atomic mass is 10.1. The largest absolute Gasteiger partial charge is 0.399 e. The average molecular weight is 324 g/mol. The summed E-state index contributed by atoms with van der Waals surface area (Å²) in [6.45, 7) is 6.22. The van der Waals surface area contributed by atoms with Gasteiger partial charge in [-0.3, -0.25) is 4.79 Å². The molecule has 126 valence electrons. The first-order chi connectivity index (χ1) is 11.6. The molecule has 0 aromatic heterocycles. The summed E-state index contributed by atoms with van der Waals surface area (Å²) >= 11 is 0. The van der Waals surface area contributed by atoms with Crippen LogP contribution >= 0.6 is 0 Å². The zero-order valence-corrected chi connectivity index (χ0v) is 14.2. The van der Waals surface area contributed by atoms with E-state index in [0.29, 0.717) is 5.69 Å². The van der Waals surface area contributed by atoms with E-state index in [-0.39, 0.29) is 12.3 Å². The molecule has 0 aliphatic heterocycles. The van der Waals surface area contributed by atoms with Gasteiger partial charge in [-0.1, -0.05) is 24.3 Å². The van der Waals surface area contributed by atoms with Gasteiger partial charge in [-0.25, -0.2) is 5.43 Å². The molecule has 0 saturated heterocycles. The third-order valence-corrected chi connectivity index (χ3v) is 3.77. The van der Waals surface area contributed by atoms with E-state index >= 15 is 0 Å². The van der Waals surface area contributed by atoms with Crippen molar-refractivity contribution in [3.05, 3.63) is 59.7 Å². The molecular formula is C19H24N4O. The molecule has 0 spiro atoms. The molecule has 0 radical (unpaired) electrons. The van der Waals surface area contributed by atoms with Crippen LogP contribution in [0.15, 0.2) is 53.6 Å². The molecule has 2 aromatic carbocycles. The second kappa shape index (κ2) is 8.72. The molecular weight excluding hydrogens is 300 g/mol. The number of amides is 1. The van der Waals surface area contributed by atoms with Gasteiger partial charge in [0.15, 0.2) is 0 Å². The summed E-state index contributed by atoms with van der Waals surface area (Å²) in [4.78, 5) is 14.1. The smallest absolute Gasteiger partial charge is 0.244 e. The maximum absolute atomic E-state index is 11.8. The van der Waals surface area contributed by atoms with Gasteiger partial charge in [-0.2, -0.15) is 5.10 Å². The topological polar surface area (TPSA) is 70.7 Å². The van der Waals surface area contributed by atoms with Gasteiger partial charge in [-0.15, -0.1) is 0 Å². The summed E-state index contributed by atoms with van der Waals surface area (Å²) in [5, 5.41) is 4.01. The molecule has 0 fully saturated rings. The zero-order valence-electron chi connectivity index (χ0n) is 14.2. The number of anilines is 2. The highest BCUT2D eigenvalue weighted by molar-refractivity contribution is 5.83. The quantitative estimate of drug-likeness (QED) is 0.467. The second-order valence-electron chi connectivity index (χ2n) is 5.48. The minimum absolute atomic E-state index is 0.157. The van der Waals surface area contributed by atoms with Crippen molar-refractivity contribution in [1.82, 2.24) is 5.43 Å². The number of hydrogen-bond acceptors (Lipinski definition) is 4. The van der Waals surface area contributed by atoms with Gasteiger partial charge in [-0.05, 0) is 49.2 Å². The van der Waals surface area contributed by atoms with Gasteiger partial charge in [0.05, 0.1) is 12.6 Å². The van der Waals surface area contributed by atoms with Crippen molar-refractivity contribution in [1.29, 1.82) is 0 Å². The minimum atomic E-state index is -0.157. The molecule has 24 heavy (non-hydrogen) atoms. The fraction of sp³-hybridized carbons (Fsp3) is 0.263. The lowest BCUT2D eigenvalue weighted by Gasteiger charge is -2.20. The van der Waals surface area contributed by atoms with E-state index in [4.69, 9.17) is 5.73 Å². The summed E-state index contributed by atoms with van der Waals surface area (Å²) in [5.41, 5.74) is 11.9. The van der Waals surface area contributed by atoms with E-state index in [0.717, 1.165) is 24.2 Å². The average Bonchev–Trinajstić information content (AvgIpc) is 2.59. The normalized spacial score (nSPS) is 10.8. The number of nitrogens with zero attached hydrogens (tertiary/aromatic N) is 2. The molecule has 2 aromatic rings. The predicted octanol–water partition coefficient (Wildman–Crippen LogP) is 2.81. The maximum atomic E-state index is 11.8. The molecule has 0 bridgehead atoms. The van der Waals surface area contributed by atoms with E-state index in [1.165, 1.54) is 5.69 Å². The zero-order chi connectivity index (χ0) is 17.4. The Morgan fingerprint density at radius 3 is 2.29 bits per heavy atom. The van der Waals surface area contributed by atoms with Gasteiger partial charge in [0.1, 0.15) is 0 Å². The summed E-state index contributed by atoms with van der Waals surface area (Å²) in [6, 6.07) is 15.3. The van der Waals surface area contributed by atoms with Crippen LogP contribution < -0.4 is 16.1 Å². The van der Waals surface area contributed by atoms with Gasteiger partial charge >= 0.3 is 0 Å². The first-order valence-corrected chi connectivity index (χ1v) is 8.13. The van der Waals surface area contributed by atoms with Crippen molar-refractivity contribution in [2.24, 2.45) is 5.10 Å². The fourth-order valence-electron chi connectivity index (χ4n) is 2.40. The van der Waals surface area contributed by atoms with E-state index in [9.17, 15) is 4.79 Å². The summed E-state index contributed by atoms with van der Waals surface area (Å²) in [6.07, 6.45) is 1.92. The lowest BCUT2D eigenvalue weighted by Crippen LogP contribution is -2.21. The van der Waals surface area contributed by atoms with Crippen molar-refractivity contribution in [2.75, 3.05) is 23.7 Å². The molecule has 0 aliphatic rings. The Labute approximate surface area is 143 Å². The third-order valence-electron chi connectivity index (χ3n) is 3.77. The molecule has 0 saturated carbocycles. The van der Waals surface area contributed by atoms with E-state index < -0.39 is 0 Å². The Balaban J connectivity index is 1.86. The van der Waals surface area contributed by atoms with E-state index in [2.05, 4.69) is 41.4 Å². The third kappa shape index (κ3) is 5.12. The number of benzene rings is 2. The van der Waals surface area contributed by atoms with Crippen molar-refractivity contribution in [3.8, 4) is 0 Å². The molecule has 0 unspecified atom stereocenters. The number of nitrogens with one attached hydrogen (secondary N) is 1. The van der Waals surface area contributed by atoms with Crippen LogP contribution in [0.2, 0.25) is 0 Å². The number of hydrogen-bond donors (Lipinski definition) is 2. The predicted molar refractivity (Wildman–Crippen MR) is 100 cm³/mol. The van der Waals surface area contributed by atoms with Crippen molar-refractivity contribution in [3.63, 3.8) is 0 Å². The Bertz CT molecular complexity index is 674. The molecule has 0 aliphatic carbocycles. The van der Waals surface area contributed by atoms with E-state index in [1.54, 1.807) is 18.3 Å². The summed E-state index contributed by atoms with van der Waals surface area (Å²) in [7, 11) is 0. The van der Waals surface area contributed by atoms with Gasteiger partial charge in [0.2, 0.25) is 5.91 Å². The van der Waals surface area contributed by atoms with Crippen LogP contribution in [0.5, 0.6) is 0 Å².